The number of rotatable bonds is 6. The van der Waals surface area contributed by atoms with Crippen molar-refractivity contribution in [1.29, 1.82) is 0 Å². The van der Waals surface area contributed by atoms with E-state index in [-0.39, 0.29) is 18.8 Å². The van der Waals surface area contributed by atoms with Crippen molar-refractivity contribution in [2.45, 2.75) is 45.9 Å². The van der Waals surface area contributed by atoms with Gasteiger partial charge >= 0.3 is 0 Å². The van der Waals surface area contributed by atoms with Gasteiger partial charge in [0.1, 0.15) is 0 Å². The molecular weight excluding hydrogens is 154 g/mol. The third-order valence-electron chi connectivity index (χ3n) is 1.42. The van der Waals surface area contributed by atoms with E-state index >= 15 is 0 Å². The van der Waals surface area contributed by atoms with Crippen LogP contribution in [-0.4, -0.2) is 36.5 Å². The molecule has 0 rings (SSSR count). The molecule has 0 aliphatic carbocycles. The summed E-state index contributed by atoms with van der Waals surface area (Å²) >= 11 is 0. The second kappa shape index (κ2) is 6.40. The molecule has 0 aromatic rings. The van der Waals surface area contributed by atoms with Gasteiger partial charge in [0.15, 0.2) is 0 Å². The minimum Gasteiger partial charge on any atom is -0.395 e. The molecule has 0 amide bonds. The van der Waals surface area contributed by atoms with Gasteiger partial charge in [-0.05, 0) is 13.8 Å². The SMILES string of the molecule is CC(C)NC(CO)COC(C)C. The third kappa shape index (κ3) is 6.58. The maximum atomic E-state index is 8.95. The zero-order valence-electron chi connectivity index (χ0n) is 8.50. The predicted molar refractivity (Wildman–Crippen MR) is 50.2 cm³/mol. The second-order valence-corrected chi connectivity index (χ2v) is 3.58. The van der Waals surface area contributed by atoms with E-state index in [1.807, 2.05) is 13.8 Å². The molecule has 0 heterocycles. The first-order valence-electron chi connectivity index (χ1n) is 4.54. The minimum atomic E-state index is 0.0624. The van der Waals surface area contributed by atoms with Gasteiger partial charge in [-0.1, -0.05) is 13.8 Å². The lowest BCUT2D eigenvalue weighted by molar-refractivity contribution is 0.0452. The van der Waals surface area contributed by atoms with E-state index in [1.54, 1.807) is 0 Å². The Bertz CT molecular complexity index is 105. The van der Waals surface area contributed by atoms with Crippen LogP contribution >= 0.6 is 0 Å². The summed E-state index contributed by atoms with van der Waals surface area (Å²) in [6.07, 6.45) is 0.230. The predicted octanol–water partition coefficient (Wildman–Crippen LogP) is 0.770. The van der Waals surface area contributed by atoms with Crippen molar-refractivity contribution in [1.82, 2.24) is 5.32 Å². The summed E-state index contributed by atoms with van der Waals surface area (Å²) in [5, 5.41) is 12.2. The number of nitrogens with one attached hydrogen (secondary N) is 1. The van der Waals surface area contributed by atoms with E-state index in [2.05, 4.69) is 19.2 Å². The maximum Gasteiger partial charge on any atom is 0.0645 e. The Morgan fingerprint density at radius 2 is 1.83 bits per heavy atom. The Labute approximate surface area is 75.1 Å². The van der Waals surface area contributed by atoms with Crippen LogP contribution in [0.5, 0.6) is 0 Å². The van der Waals surface area contributed by atoms with Crippen molar-refractivity contribution in [2.75, 3.05) is 13.2 Å². The highest BCUT2D eigenvalue weighted by atomic mass is 16.5. The molecule has 74 valence electrons. The van der Waals surface area contributed by atoms with Crippen LogP contribution in [0.1, 0.15) is 27.7 Å². The van der Waals surface area contributed by atoms with Crippen LogP contribution in [0.15, 0.2) is 0 Å². The zero-order valence-corrected chi connectivity index (χ0v) is 8.50. The second-order valence-electron chi connectivity index (χ2n) is 3.58. The van der Waals surface area contributed by atoms with E-state index < -0.39 is 0 Å². The molecule has 0 saturated heterocycles. The van der Waals surface area contributed by atoms with Gasteiger partial charge in [-0.2, -0.15) is 0 Å². The number of hydrogen-bond acceptors (Lipinski definition) is 3. The molecule has 0 radical (unpaired) electrons. The first-order valence-corrected chi connectivity index (χ1v) is 4.54. The zero-order chi connectivity index (χ0) is 9.56. The lowest BCUT2D eigenvalue weighted by atomic mass is 10.3. The number of ether oxygens (including phenoxy) is 1. The van der Waals surface area contributed by atoms with Crippen molar-refractivity contribution in [3.05, 3.63) is 0 Å². The molecule has 0 aliphatic rings. The topological polar surface area (TPSA) is 41.5 Å². The lowest BCUT2D eigenvalue weighted by Crippen LogP contribution is -2.41. The standard InChI is InChI=1S/C9H21NO2/c1-7(2)10-9(5-11)6-12-8(3)4/h7-11H,5-6H2,1-4H3. The molecule has 0 aromatic heterocycles. The Hall–Kier alpha value is -0.120. The Balaban J connectivity index is 3.53. The summed E-state index contributed by atoms with van der Waals surface area (Å²) in [6, 6.07) is 0.449. The maximum absolute atomic E-state index is 8.95. The molecular formula is C9H21NO2. The fraction of sp³-hybridized carbons (Fsp3) is 1.00. The monoisotopic (exact) mass is 175 g/mol. The molecule has 0 spiro atoms. The van der Waals surface area contributed by atoms with Crippen molar-refractivity contribution in [3.8, 4) is 0 Å². The molecule has 12 heavy (non-hydrogen) atoms. The average molecular weight is 175 g/mol. The summed E-state index contributed by atoms with van der Waals surface area (Å²) in [4.78, 5) is 0. The molecule has 0 aliphatic heterocycles. The summed E-state index contributed by atoms with van der Waals surface area (Å²) in [7, 11) is 0. The van der Waals surface area contributed by atoms with Crippen LogP contribution in [0.3, 0.4) is 0 Å². The number of aliphatic hydroxyl groups excluding tert-OH is 1. The average Bonchev–Trinajstić information content (AvgIpc) is 1.97. The van der Waals surface area contributed by atoms with E-state index in [0.717, 1.165) is 0 Å². The summed E-state index contributed by atoms with van der Waals surface area (Å²) in [5.74, 6) is 0. The summed E-state index contributed by atoms with van der Waals surface area (Å²) in [5.41, 5.74) is 0. The quantitative estimate of drug-likeness (QED) is 0.626. The first kappa shape index (κ1) is 11.9. The van der Waals surface area contributed by atoms with Gasteiger partial charge < -0.3 is 15.2 Å². The summed E-state index contributed by atoms with van der Waals surface area (Å²) < 4.78 is 5.37. The van der Waals surface area contributed by atoms with E-state index in [4.69, 9.17) is 9.84 Å². The van der Waals surface area contributed by atoms with Gasteiger partial charge in [0, 0.05) is 6.04 Å². The number of aliphatic hydroxyl groups is 1. The minimum absolute atomic E-state index is 0.0624. The highest BCUT2D eigenvalue weighted by Crippen LogP contribution is 1.93. The van der Waals surface area contributed by atoms with E-state index in [1.165, 1.54) is 0 Å². The van der Waals surface area contributed by atoms with Crippen LogP contribution in [0.2, 0.25) is 0 Å². The van der Waals surface area contributed by atoms with Gasteiger partial charge in [0.2, 0.25) is 0 Å². The fourth-order valence-corrected chi connectivity index (χ4v) is 0.934. The third-order valence-corrected chi connectivity index (χ3v) is 1.42. The van der Waals surface area contributed by atoms with Crippen LogP contribution in [0.25, 0.3) is 0 Å². The van der Waals surface area contributed by atoms with Crippen LogP contribution in [-0.2, 0) is 4.74 Å². The van der Waals surface area contributed by atoms with Crippen LogP contribution in [0, 0.1) is 0 Å². The highest BCUT2D eigenvalue weighted by Gasteiger charge is 2.08. The molecule has 2 N–H and O–H groups in total. The Morgan fingerprint density at radius 1 is 1.25 bits per heavy atom. The van der Waals surface area contributed by atoms with Crippen molar-refractivity contribution in [2.24, 2.45) is 0 Å². The van der Waals surface area contributed by atoms with Gasteiger partial charge in [0.25, 0.3) is 0 Å². The Kier molecular flexibility index (Phi) is 6.34. The molecule has 0 fully saturated rings. The molecule has 1 unspecified atom stereocenters. The Morgan fingerprint density at radius 3 is 2.17 bits per heavy atom. The van der Waals surface area contributed by atoms with Gasteiger partial charge in [-0.15, -0.1) is 0 Å². The van der Waals surface area contributed by atoms with Gasteiger partial charge in [-0.25, -0.2) is 0 Å². The van der Waals surface area contributed by atoms with Crippen molar-refractivity contribution in [3.63, 3.8) is 0 Å². The summed E-state index contributed by atoms with van der Waals surface area (Å²) in [6.45, 7) is 8.79. The van der Waals surface area contributed by atoms with Crippen molar-refractivity contribution >= 4 is 0 Å². The molecule has 1 atom stereocenters. The van der Waals surface area contributed by atoms with E-state index in [9.17, 15) is 0 Å². The highest BCUT2D eigenvalue weighted by molar-refractivity contribution is 4.67. The smallest absolute Gasteiger partial charge is 0.0645 e. The van der Waals surface area contributed by atoms with Gasteiger partial charge in [-0.3, -0.25) is 0 Å². The molecule has 0 bridgehead atoms. The largest absolute Gasteiger partial charge is 0.395 e. The lowest BCUT2D eigenvalue weighted by Gasteiger charge is -2.20. The normalized spacial score (nSPS) is 14.2. The molecule has 3 nitrogen and oxygen atoms in total. The molecule has 3 heteroatoms. The van der Waals surface area contributed by atoms with E-state index in [0.29, 0.717) is 12.6 Å². The first-order chi connectivity index (χ1) is 5.56. The number of hydrogen-bond donors (Lipinski definition) is 2. The van der Waals surface area contributed by atoms with Gasteiger partial charge in [0.05, 0.1) is 25.4 Å². The molecule has 0 aromatic carbocycles. The van der Waals surface area contributed by atoms with Crippen LogP contribution in [0.4, 0.5) is 0 Å². The van der Waals surface area contributed by atoms with Crippen LogP contribution < -0.4 is 5.32 Å². The molecule has 0 saturated carbocycles. The fourth-order valence-electron chi connectivity index (χ4n) is 0.934. The van der Waals surface area contributed by atoms with Crippen molar-refractivity contribution < 1.29 is 9.84 Å².